The maximum Gasteiger partial charge on any atom is 0.253 e. The molecule has 1 aliphatic heterocycles. The van der Waals surface area contributed by atoms with E-state index in [0.29, 0.717) is 30.9 Å². The molecule has 3 rings (SSSR count). The molecule has 2 aromatic rings. The number of carbonyl (C=O) groups is 3. The summed E-state index contributed by atoms with van der Waals surface area (Å²) < 4.78 is 4.94. The van der Waals surface area contributed by atoms with Gasteiger partial charge in [0, 0.05) is 32.3 Å². The highest BCUT2D eigenvalue weighted by Gasteiger charge is 2.35. The number of methoxy groups -OCH3 is 1. The molecule has 30 heavy (non-hydrogen) atoms. The predicted octanol–water partition coefficient (Wildman–Crippen LogP) is 2.62. The van der Waals surface area contributed by atoms with E-state index in [1.54, 1.807) is 36.3 Å². The van der Waals surface area contributed by atoms with Gasteiger partial charge in [0.1, 0.15) is 0 Å². The number of benzene rings is 2. The van der Waals surface area contributed by atoms with Gasteiger partial charge in [0.25, 0.3) is 5.91 Å². The molecule has 0 aromatic heterocycles. The van der Waals surface area contributed by atoms with Crippen LogP contribution in [-0.2, 0) is 20.7 Å². The number of carbonyl (C=O) groups excluding carboxylic acids is 3. The van der Waals surface area contributed by atoms with E-state index in [1.807, 2.05) is 24.3 Å². The highest BCUT2D eigenvalue weighted by molar-refractivity contribution is 6.07. The average Bonchev–Trinajstić information content (AvgIpc) is 3.16. The van der Waals surface area contributed by atoms with Crippen molar-refractivity contribution in [2.75, 3.05) is 37.0 Å². The lowest BCUT2D eigenvalue weighted by atomic mass is 10.1. The van der Waals surface area contributed by atoms with Crippen molar-refractivity contribution in [2.45, 2.75) is 19.8 Å². The van der Waals surface area contributed by atoms with E-state index in [0.717, 1.165) is 12.1 Å². The third kappa shape index (κ3) is 5.04. The molecule has 3 amide bonds. The number of nitrogens with one attached hydrogen (secondary N) is 2. The van der Waals surface area contributed by atoms with Crippen molar-refractivity contribution in [1.82, 2.24) is 5.32 Å². The molecule has 0 bridgehead atoms. The lowest BCUT2D eigenvalue weighted by Crippen LogP contribution is -2.30. The minimum absolute atomic E-state index is 0.0787. The van der Waals surface area contributed by atoms with Crippen LogP contribution in [0.1, 0.15) is 29.3 Å². The number of anilines is 2. The molecule has 1 aliphatic rings. The number of para-hydroxylation sites is 1. The van der Waals surface area contributed by atoms with E-state index < -0.39 is 5.92 Å². The van der Waals surface area contributed by atoms with Gasteiger partial charge in [-0.15, -0.1) is 0 Å². The number of aryl methyl sites for hydroxylation is 1. The highest BCUT2D eigenvalue weighted by atomic mass is 16.5. The van der Waals surface area contributed by atoms with Crippen molar-refractivity contribution in [2.24, 2.45) is 5.92 Å². The van der Waals surface area contributed by atoms with Crippen molar-refractivity contribution < 1.29 is 19.1 Å². The van der Waals surface area contributed by atoms with Gasteiger partial charge >= 0.3 is 0 Å². The van der Waals surface area contributed by atoms with Crippen LogP contribution in [0.4, 0.5) is 11.4 Å². The Bertz CT molecular complexity index is 911. The molecule has 1 unspecified atom stereocenters. The molecule has 0 spiro atoms. The molecule has 1 heterocycles. The quantitative estimate of drug-likeness (QED) is 0.656. The SMILES string of the molecule is CCc1ccc(N2CC(C(=O)Nc3ccccc3C(=O)NCCOC)CC2=O)cc1. The molecule has 2 N–H and O–H groups in total. The van der Waals surface area contributed by atoms with Crippen molar-refractivity contribution in [1.29, 1.82) is 0 Å². The standard InChI is InChI=1S/C23H27N3O4/c1-3-16-8-10-18(11-9-16)26-15-17(14-21(26)27)22(28)25-20-7-5-4-6-19(20)23(29)24-12-13-30-2/h4-11,17H,3,12-15H2,1-2H3,(H,24,29)(H,25,28). The summed E-state index contributed by atoms with van der Waals surface area (Å²) in [5.74, 6) is -1.12. The van der Waals surface area contributed by atoms with Crippen LogP contribution in [0.5, 0.6) is 0 Å². The van der Waals surface area contributed by atoms with E-state index >= 15 is 0 Å². The average molecular weight is 409 g/mol. The minimum atomic E-state index is -0.479. The number of nitrogens with zero attached hydrogens (tertiary/aromatic N) is 1. The normalized spacial score (nSPS) is 15.9. The molecule has 2 aromatic carbocycles. The first kappa shape index (κ1) is 21.5. The fourth-order valence-corrected chi connectivity index (χ4v) is 3.43. The largest absolute Gasteiger partial charge is 0.383 e. The Morgan fingerprint density at radius 1 is 1.13 bits per heavy atom. The fourth-order valence-electron chi connectivity index (χ4n) is 3.43. The third-order valence-corrected chi connectivity index (χ3v) is 5.17. The van der Waals surface area contributed by atoms with Gasteiger partial charge in [-0.05, 0) is 36.2 Å². The van der Waals surface area contributed by atoms with Crippen LogP contribution in [0.2, 0.25) is 0 Å². The lowest BCUT2D eigenvalue weighted by molar-refractivity contribution is -0.122. The summed E-state index contributed by atoms with van der Waals surface area (Å²) in [5, 5.41) is 5.58. The maximum atomic E-state index is 12.8. The van der Waals surface area contributed by atoms with Crippen LogP contribution >= 0.6 is 0 Å². The summed E-state index contributed by atoms with van der Waals surface area (Å²) in [6.45, 7) is 3.17. The summed E-state index contributed by atoms with van der Waals surface area (Å²) >= 11 is 0. The predicted molar refractivity (Wildman–Crippen MR) is 116 cm³/mol. The Morgan fingerprint density at radius 2 is 1.87 bits per heavy atom. The summed E-state index contributed by atoms with van der Waals surface area (Å²) in [4.78, 5) is 39.4. The molecule has 1 atom stereocenters. The monoisotopic (exact) mass is 409 g/mol. The van der Waals surface area contributed by atoms with E-state index in [1.165, 1.54) is 5.56 Å². The molecule has 1 saturated heterocycles. The molecular weight excluding hydrogens is 382 g/mol. The van der Waals surface area contributed by atoms with Crippen LogP contribution in [0.15, 0.2) is 48.5 Å². The van der Waals surface area contributed by atoms with Gasteiger partial charge in [0.2, 0.25) is 11.8 Å². The van der Waals surface area contributed by atoms with Gasteiger partial charge in [-0.2, -0.15) is 0 Å². The van der Waals surface area contributed by atoms with Gasteiger partial charge in [-0.25, -0.2) is 0 Å². The molecule has 0 saturated carbocycles. The Hall–Kier alpha value is -3.19. The Labute approximate surface area is 176 Å². The van der Waals surface area contributed by atoms with E-state index in [2.05, 4.69) is 17.6 Å². The van der Waals surface area contributed by atoms with Crippen molar-refractivity contribution >= 4 is 29.1 Å². The van der Waals surface area contributed by atoms with Gasteiger partial charge in [-0.1, -0.05) is 31.2 Å². The number of hydrogen-bond acceptors (Lipinski definition) is 4. The highest BCUT2D eigenvalue weighted by Crippen LogP contribution is 2.27. The van der Waals surface area contributed by atoms with E-state index in [9.17, 15) is 14.4 Å². The molecule has 0 aliphatic carbocycles. The smallest absolute Gasteiger partial charge is 0.253 e. The fraction of sp³-hybridized carbons (Fsp3) is 0.348. The van der Waals surface area contributed by atoms with Crippen molar-refractivity contribution in [3.63, 3.8) is 0 Å². The minimum Gasteiger partial charge on any atom is -0.383 e. The second-order valence-electron chi connectivity index (χ2n) is 7.21. The zero-order valence-electron chi connectivity index (χ0n) is 17.3. The van der Waals surface area contributed by atoms with Crippen LogP contribution < -0.4 is 15.5 Å². The first-order chi connectivity index (χ1) is 14.5. The van der Waals surface area contributed by atoms with Crippen LogP contribution in [0.3, 0.4) is 0 Å². The zero-order chi connectivity index (χ0) is 21.5. The summed E-state index contributed by atoms with van der Waals surface area (Å²) in [6.07, 6.45) is 1.07. The van der Waals surface area contributed by atoms with E-state index in [4.69, 9.17) is 4.74 Å². The molecule has 7 nitrogen and oxygen atoms in total. The van der Waals surface area contributed by atoms with Crippen molar-refractivity contribution in [3.8, 4) is 0 Å². The van der Waals surface area contributed by atoms with Crippen LogP contribution in [0.25, 0.3) is 0 Å². The topological polar surface area (TPSA) is 87.7 Å². The van der Waals surface area contributed by atoms with Gasteiger partial charge in [0.15, 0.2) is 0 Å². The Kier molecular flexibility index (Phi) is 7.19. The van der Waals surface area contributed by atoms with Crippen LogP contribution in [0, 0.1) is 5.92 Å². The molecule has 158 valence electrons. The zero-order valence-corrected chi connectivity index (χ0v) is 17.3. The number of amides is 3. The van der Waals surface area contributed by atoms with Gasteiger partial charge < -0.3 is 20.3 Å². The summed E-state index contributed by atoms with van der Waals surface area (Å²) in [5.41, 5.74) is 2.79. The first-order valence-electron chi connectivity index (χ1n) is 10.1. The molecule has 0 radical (unpaired) electrons. The van der Waals surface area contributed by atoms with Crippen molar-refractivity contribution in [3.05, 3.63) is 59.7 Å². The number of rotatable bonds is 8. The molecule has 1 fully saturated rings. The summed E-state index contributed by atoms with van der Waals surface area (Å²) in [7, 11) is 1.56. The second-order valence-corrected chi connectivity index (χ2v) is 7.21. The van der Waals surface area contributed by atoms with Crippen LogP contribution in [-0.4, -0.2) is 44.5 Å². The lowest BCUT2D eigenvalue weighted by Gasteiger charge is -2.17. The molecular formula is C23H27N3O4. The maximum absolute atomic E-state index is 12.8. The van der Waals surface area contributed by atoms with Gasteiger partial charge in [-0.3, -0.25) is 14.4 Å². The first-order valence-corrected chi connectivity index (χ1v) is 10.1. The number of ether oxygens (including phenoxy) is 1. The number of hydrogen-bond donors (Lipinski definition) is 2. The Balaban J connectivity index is 1.66. The summed E-state index contributed by atoms with van der Waals surface area (Å²) in [6, 6.07) is 14.6. The second kappa shape index (κ2) is 10.0. The van der Waals surface area contributed by atoms with Gasteiger partial charge in [0.05, 0.1) is 23.8 Å². The molecule has 7 heteroatoms. The van der Waals surface area contributed by atoms with E-state index in [-0.39, 0.29) is 24.1 Å². The Morgan fingerprint density at radius 3 is 2.57 bits per heavy atom. The third-order valence-electron chi connectivity index (χ3n) is 5.17.